The number of alkyl halides is 6. The monoisotopic (exact) mass is 1090 g/mol. The molecule has 23 heteroatoms. The zero-order valence-corrected chi connectivity index (χ0v) is 43.2. The summed E-state index contributed by atoms with van der Waals surface area (Å²) in [6.07, 6.45) is -6.24. The SMILES string of the molecule is [C-]#[N+]c1ccc(-n2ncc(N)c2-c2c(C)n(-c3cccc(C(F)(F)F)c3)c(=O)n(C)c2=O)cc1.[C-]#[N+]c1ccc(-n2ncc(N3CCN(Cc4ccccc4)CC3)c2-c2c(C)n(-c3cccc(C(F)(F)F)c3)c(=O)n(C)c2=O)cc1. The van der Waals surface area contributed by atoms with Crippen LogP contribution in [0.3, 0.4) is 0 Å². The number of hydrogen-bond acceptors (Lipinski definition) is 9. The minimum atomic E-state index is -4.62. The van der Waals surface area contributed by atoms with Crippen LogP contribution in [0.5, 0.6) is 0 Å². The van der Waals surface area contributed by atoms with E-state index in [2.05, 4.69) is 41.8 Å². The van der Waals surface area contributed by atoms with Gasteiger partial charge in [0.2, 0.25) is 0 Å². The molecule has 1 fully saturated rings. The number of nitrogens with zero attached hydrogens (tertiary/aromatic N) is 12. The topological polar surface area (TPSA) is 165 Å². The first-order chi connectivity index (χ1) is 38.1. The lowest BCUT2D eigenvalue weighted by Crippen LogP contribution is -2.46. The predicted molar refractivity (Wildman–Crippen MR) is 290 cm³/mol. The Labute approximate surface area is 451 Å². The van der Waals surface area contributed by atoms with Crippen LogP contribution < -0.4 is 33.1 Å². The molecule has 0 saturated carbocycles. The van der Waals surface area contributed by atoms with Crippen molar-refractivity contribution in [1.29, 1.82) is 0 Å². The van der Waals surface area contributed by atoms with Crippen molar-refractivity contribution in [2.24, 2.45) is 14.1 Å². The largest absolute Gasteiger partial charge is 0.416 e. The predicted octanol–water partition coefficient (Wildman–Crippen LogP) is 9.44. The van der Waals surface area contributed by atoms with E-state index in [1.807, 2.05) is 18.2 Å². The van der Waals surface area contributed by atoms with Gasteiger partial charge in [0.25, 0.3) is 11.1 Å². The van der Waals surface area contributed by atoms with Crippen molar-refractivity contribution in [1.82, 2.24) is 42.7 Å². The molecular formula is C57H47F6N13O4. The summed E-state index contributed by atoms with van der Waals surface area (Å²) in [7, 11) is 2.55. The number of rotatable bonds is 9. The molecule has 5 heterocycles. The molecule has 0 unspecified atom stereocenters. The van der Waals surface area contributed by atoms with Crippen LogP contribution >= 0.6 is 0 Å². The summed E-state index contributed by atoms with van der Waals surface area (Å²) in [5.41, 5.74) is 6.26. The maximum atomic E-state index is 14.0. The standard InChI is InChI=1S/C34H30F3N7O2.C23H17F3N6O2/c1-23-30(32(45)40(3)33(46)43(23)28-11-7-10-25(20-28)34(35,36)37)31-29(21-39-44(31)27-14-12-26(38-2)13-15-27)42-18-16-41(17-19-42)22-24-8-5-4-6-9-24;1-13-19(20-18(27)12-29-32(20)16-9-7-15(28-2)8-10-16)21(33)30(3)22(34)31(13)17-6-4-5-14(11-17)23(24,25)26/h4-15,20-21H,16-19,22H2,1,3H3;4-12H,27H2,1,3H3. The molecule has 0 amide bonds. The Kier molecular flexibility index (Phi) is 14.9. The molecule has 0 radical (unpaired) electrons. The first-order valence-electron chi connectivity index (χ1n) is 24.5. The second-order valence-electron chi connectivity index (χ2n) is 18.6. The van der Waals surface area contributed by atoms with Crippen LogP contribution in [0.2, 0.25) is 0 Å². The Morgan fingerprint density at radius 1 is 0.550 bits per heavy atom. The Bertz CT molecular complexity index is 4150. The van der Waals surface area contributed by atoms with E-state index in [0.717, 1.165) is 62.2 Å². The summed E-state index contributed by atoms with van der Waals surface area (Å²) >= 11 is 0. The third-order valence-corrected chi connectivity index (χ3v) is 13.7. The van der Waals surface area contributed by atoms with Crippen LogP contribution in [0.4, 0.5) is 49.1 Å². The number of benzene rings is 5. The number of anilines is 2. The molecule has 9 aromatic rings. The Morgan fingerprint density at radius 2 is 0.988 bits per heavy atom. The summed E-state index contributed by atoms with van der Waals surface area (Å²) < 4.78 is 87.7. The van der Waals surface area contributed by atoms with E-state index in [4.69, 9.17) is 18.9 Å². The molecule has 0 aliphatic carbocycles. The lowest BCUT2D eigenvalue weighted by atomic mass is 10.1. The molecule has 0 spiro atoms. The normalized spacial score (nSPS) is 12.9. The molecule has 0 bridgehead atoms. The van der Waals surface area contributed by atoms with Crippen LogP contribution in [0, 0.1) is 27.0 Å². The average Bonchev–Trinajstić information content (AvgIpc) is 4.21. The smallest absolute Gasteiger partial charge is 0.396 e. The van der Waals surface area contributed by atoms with Crippen molar-refractivity contribution in [2.75, 3.05) is 36.8 Å². The van der Waals surface area contributed by atoms with E-state index in [9.17, 15) is 45.5 Å². The van der Waals surface area contributed by atoms with Gasteiger partial charge < -0.3 is 10.6 Å². The van der Waals surface area contributed by atoms with Gasteiger partial charge in [-0.1, -0.05) is 66.7 Å². The number of hydrogen-bond donors (Lipinski definition) is 1. The van der Waals surface area contributed by atoms with Gasteiger partial charge in [0.15, 0.2) is 11.4 Å². The van der Waals surface area contributed by atoms with E-state index < -0.39 is 46.0 Å². The maximum absolute atomic E-state index is 14.0. The molecule has 5 aromatic carbocycles. The average molecular weight is 1090 g/mol. The molecule has 1 aliphatic rings. The second kappa shape index (κ2) is 21.8. The molecule has 80 heavy (non-hydrogen) atoms. The van der Waals surface area contributed by atoms with Crippen molar-refractivity contribution < 1.29 is 26.3 Å². The molecule has 17 nitrogen and oxygen atoms in total. The highest BCUT2D eigenvalue weighted by molar-refractivity contribution is 5.79. The molecule has 406 valence electrons. The van der Waals surface area contributed by atoms with Gasteiger partial charge in [0.1, 0.15) is 11.4 Å². The number of nitrogens with two attached hydrogens (primary N) is 1. The van der Waals surface area contributed by atoms with Crippen molar-refractivity contribution in [3.8, 4) is 45.3 Å². The quantitative estimate of drug-likeness (QED) is 0.110. The molecular weight excluding hydrogens is 1040 g/mol. The minimum absolute atomic E-state index is 0.00349. The summed E-state index contributed by atoms with van der Waals surface area (Å²) in [5.74, 6) is 0. The van der Waals surface area contributed by atoms with E-state index in [1.54, 1.807) is 66.3 Å². The zero-order valence-electron chi connectivity index (χ0n) is 43.2. The van der Waals surface area contributed by atoms with E-state index in [0.29, 0.717) is 47.2 Å². The number of piperazine rings is 1. The molecule has 1 aliphatic heterocycles. The highest BCUT2D eigenvalue weighted by Crippen LogP contribution is 2.37. The van der Waals surface area contributed by atoms with E-state index in [-0.39, 0.29) is 45.3 Å². The fourth-order valence-corrected chi connectivity index (χ4v) is 9.56. The van der Waals surface area contributed by atoms with Gasteiger partial charge in [0, 0.05) is 58.2 Å². The lowest BCUT2D eigenvalue weighted by molar-refractivity contribution is -0.138. The van der Waals surface area contributed by atoms with Gasteiger partial charge in [0.05, 0.1) is 81.9 Å². The van der Waals surface area contributed by atoms with Gasteiger partial charge >= 0.3 is 23.7 Å². The lowest BCUT2D eigenvalue weighted by Gasteiger charge is -2.36. The van der Waals surface area contributed by atoms with Crippen LogP contribution in [-0.2, 0) is 33.0 Å². The summed E-state index contributed by atoms with van der Waals surface area (Å²) in [6.45, 7) is 21.0. The molecule has 0 atom stereocenters. The summed E-state index contributed by atoms with van der Waals surface area (Å²) in [4.78, 5) is 64.8. The van der Waals surface area contributed by atoms with E-state index >= 15 is 0 Å². The van der Waals surface area contributed by atoms with Crippen molar-refractivity contribution in [2.45, 2.75) is 32.7 Å². The van der Waals surface area contributed by atoms with Gasteiger partial charge in [-0.2, -0.15) is 36.5 Å². The van der Waals surface area contributed by atoms with Crippen molar-refractivity contribution >= 4 is 22.7 Å². The molecule has 2 N–H and O–H groups in total. The highest BCUT2D eigenvalue weighted by Gasteiger charge is 2.34. The summed E-state index contributed by atoms with van der Waals surface area (Å²) in [6, 6.07) is 32.0. The Morgan fingerprint density at radius 3 is 1.44 bits per heavy atom. The molecule has 1 saturated heterocycles. The van der Waals surface area contributed by atoms with E-state index in [1.165, 1.54) is 61.7 Å². The number of aromatic nitrogens is 8. The first-order valence-corrected chi connectivity index (χ1v) is 24.5. The van der Waals surface area contributed by atoms with Crippen LogP contribution in [-0.4, -0.2) is 68.9 Å². The first kappa shape index (κ1) is 54.8. The molecule has 4 aromatic heterocycles. The Hall–Kier alpha value is -10.0. The highest BCUT2D eigenvalue weighted by atomic mass is 19.4. The van der Waals surface area contributed by atoms with Crippen molar-refractivity contribution in [3.05, 3.63) is 232 Å². The Balaban J connectivity index is 0.000000203. The fourth-order valence-electron chi connectivity index (χ4n) is 9.56. The minimum Gasteiger partial charge on any atom is -0.396 e. The third kappa shape index (κ3) is 10.6. The zero-order chi connectivity index (χ0) is 57.4. The van der Waals surface area contributed by atoms with Gasteiger partial charge in [-0.15, -0.1) is 0 Å². The maximum Gasteiger partial charge on any atom is 0.416 e. The number of nitrogen functional groups attached to an aromatic ring is 1. The van der Waals surface area contributed by atoms with Crippen LogP contribution in [0.15, 0.2) is 159 Å². The van der Waals surface area contributed by atoms with Crippen molar-refractivity contribution in [3.63, 3.8) is 0 Å². The van der Waals surface area contributed by atoms with Gasteiger partial charge in [-0.25, -0.2) is 28.6 Å². The number of halogens is 6. The van der Waals surface area contributed by atoms with Crippen LogP contribution in [0.25, 0.3) is 55.0 Å². The van der Waals surface area contributed by atoms with Crippen LogP contribution in [0.1, 0.15) is 28.1 Å². The third-order valence-electron chi connectivity index (χ3n) is 13.7. The second-order valence-corrected chi connectivity index (χ2v) is 18.6. The fraction of sp³-hybridized carbons (Fsp3) is 0.193. The molecule has 10 rings (SSSR count). The summed E-state index contributed by atoms with van der Waals surface area (Å²) in [5, 5.41) is 8.89. The van der Waals surface area contributed by atoms with Gasteiger partial charge in [-0.05, 0) is 80.1 Å². The van der Waals surface area contributed by atoms with Gasteiger partial charge in [-0.3, -0.25) is 32.8 Å².